The summed E-state index contributed by atoms with van der Waals surface area (Å²) in [6.45, 7) is 5.03. The van der Waals surface area contributed by atoms with Gasteiger partial charge in [-0.05, 0) is 32.4 Å². The summed E-state index contributed by atoms with van der Waals surface area (Å²) in [6.07, 6.45) is 1.66. The molecule has 0 aliphatic carbocycles. The predicted octanol–water partition coefficient (Wildman–Crippen LogP) is 2.79. The smallest absolute Gasteiger partial charge is 0.349 e. The molecule has 0 aromatic heterocycles. The van der Waals surface area contributed by atoms with Crippen molar-refractivity contribution in [1.29, 1.82) is 0 Å². The normalized spacial score (nSPS) is 26.4. The van der Waals surface area contributed by atoms with E-state index in [1.807, 2.05) is 25.1 Å². The number of anilines is 1. The first-order valence-corrected chi connectivity index (χ1v) is 6.32. The Morgan fingerprint density at radius 1 is 1.35 bits per heavy atom. The SMILES string of the molecule is CC1=C[C@@]2(Nc3cccc(C)c3O2)C(=C(C)O)C(=O)O1. The number of ether oxygens (including phenoxy) is 2. The van der Waals surface area contributed by atoms with E-state index in [2.05, 4.69) is 5.32 Å². The van der Waals surface area contributed by atoms with E-state index in [-0.39, 0.29) is 11.3 Å². The third-order valence-corrected chi connectivity index (χ3v) is 3.39. The number of esters is 1. The van der Waals surface area contributed by atoms with Crippen molar-refractivity contribution >= 4 is 11.7 Å². The lowest BCUT2D eigenvalue weighted by Gasteiger charge is -2.31. The van der Waals surface area contributed by atoms with E-state index in [0.29, 0.717) is 11.5 Å². The van der Waals surface area contributed by atoms with Crippen LogP contribution in [-0.2, 0) is 9.53 Å². The second-order valence-electron chi connectivity index (χ2n) is 5.02. The number of aliphatic hydroxyl groups excluding tert-OH is 1. The second kappa shape index (κ2) is 4.03. The number of rotatable bonds is 0. The summed E-state index contributed by atoms with van der Waals surface area (Å²) in [4.78, 5) is 12.0. The number of carbonyl (C=O) groups excluding carboxylic acids is 1. The van der Waals surface area contributed by atoms with Gasteiger partial charge < -0.3 is 19.9 Å². The average Bonchev–Trinajstić information content (AvgIpc) is 2.66. The molecule has 104 valence electrons. The van der Waals surface area contributed by atoms with E-state index in [4.69, 9.17) is 9.47 Å². The van der Waals surface area contributed by atoms with Gasteiger partial charge in [-0.25, -0.2) is 4.79 Å². The fourth-order valence-corrected chi connectivity index (χ4v) is 2.61. The van der Waals surface area contributed by atoms with Crippen LogP contribution in [0.3, 0.4) is 0 Å². The molecule has 0 bridgehead atoms. The van der Waals surface area contributed by atoms with Crippen LogP contribution in [-0.4, -0.2) is 16.8 Å². The molecule has 2 aliphatic heterocycles. The molecule has 0 radical (unpaired) electrons. The minimum Gasteiger partial charge on any atom is -0.512 e. The number of carbonyl (C=O) groups is 1. The number of para-hydroxylation sites is 1. The number of allylic oxidation sites excluding steroid dienone is 2. The van der Waals surface area contributed by atoms with Crippen LogP contribution in [0.25, 0.3) is 0 Å². The predicted molar refractivity (Wildman–Crippen MR) is 73.3 cm³/mol. The topological polar surface area (TPSA) is 67.8 Å². The molecular weight excluding hydrogens is 258 g/mol. The third-order valence-electron chi connectivity index (χ3n) is 3.39. The minimum absolute atomic E-state index is 0.0682. The van der Waals surface area contributed by atoms with Crippen molar-refractivity contribution in [3.63, 3.8) is 0 Å². The maximum Gasteiger partial charge on any atom is 0.349 e. The molecule has 0 unspecified atom stereocenters. The molecule has 1 atom stereocenters. The first-order valence-electron chi connectivity index (χ1n) is 6.32. The van der Waals surface area contributed by atoms with Gasteiger partial charge in [0.05, 0.1) is 5.69 Å². The highest BCUT2D eigenvalue weighted by atomic mass is 16.6. The first kappa shape index (κ1) is 12.6. The van der Waals surface area contributed by atoms with E-state index in [0.717, 1.165) is 11.3 Å². The van der Waals surface area contributed by atoms with Crippen molar-refractivity contribution in [2.24, 2.45) is 0 Å². The van der Waals surface area contributed by atoms with Gasteiger partial charge in [0.25, 0.3) is 0 Å². The molecule has 2 heterocycles. The fourth-order valence-electron chi connectivity index (χ4n) is 2.61. The average molecular weight is 273 g/mol. The van der Waals surface area contributed by atoms with Gasteiger partial charge in [-0.1, -0.05) is 12.1 Å². The molecule has 5 heteroatoms. The summed E-state index contributed by atoms with van der Waals surface area (Å²) in [6, 6.07) is 5.69. The van der Waals surface area contributed by atoms with Crippen molar-refractivity contribution in [2.45, 2.75) is 26.5 Å². The van der Waals surface area contributed by atoms with Crippen molar-refractivity contribution in [3.05, 3.63) is 46.9 Å². The summed E-state index contributed by atoms with van der Waals surface area (Å²) >= 11 is 0. The highest BCUT2D eigenvalue weighted by Crippen LogP contribution is 2.45. The molecule has 1 spiro atoms. The van der Waals surface area contributed by atoms with Crippen LogP contribution in [0.4, 0.5) is 5.69 Å². The zero-order valence-electron chi connectivity index (χ0n) is 11.5. The molecule has 0 fully saturated rings. The molecule has 0 amide bonds. The Kier molecular flexibility index (Phi) is 2.54. The lowest BCUT2D eigenvalue weighted by Crippen LogP contribution is -2.47. The van der Waals surface area contributed by atoms with Crippen molar-refractivity contribution in [2.75, 3.05) is 5.32 Å². The number of fused-ring (bicyclic) bond motifs is 1. The van der Waals surface area contributed by atoms with Crippen molar-refractivity contribution < 1.29 is 19.4 Å². The summed E-state index contributed by atoms with van der Waals surface area (Å²) < 4.78 is 11.0. The highest BCUT2D eigenvalue weighted by molar-refractivity contribution is 5.95. The summed E-state index contributed by atoms with van der Waals surface area (Å²) in [7, 11) is 0. The van der Waals surface area contributed by atoms with E-state index in [1.54, 1.807) is 13.0 Å². The standard InChI is InChI=1S/C15H15NO4/c1-8-5-4-6-11-13(8)20-15(16-11)7-9(2)19-14(18)12(15)10(3)17/h4-7,16-17H,1-3H3/t15-/m0/s1. The second-order valence-corrected chi connectivity index (χ2v) is 5.02. The Balaban J connectivity index is 2.18. The zero-order valence-corrected chi connectivity index (χ0v) is 11.5. The largest absolute Gasteiger partial charge is 0.512 e. The summed E-state index contributed by atoms with van der Waals surface area (Å²) in [5.74, 6) is 0.364. The molecule has 1 aromatic carbocycles. The van der Waals surface area contributed by atoms with E-state index < -0.39 is 11.7 Å². The number of hydrogen-bond acceptors (Lipinski definition) is 5. The van der Waals surface area contributed by atoms with Gasteiger partial charge in [0.2, 0.25) is 5.72 Å². The highest BCUT2D eigenvalue weighted by Gasteiger charge is 2.49. The summed E-state index contributed by atoms with van der Waals surface area (Å²) in [5.41, 5.74) is 0.597. The fraction of sp³-hybridized carbons (Fsp3) is 0.267. The van der Waals surface area contributed by atoms with Gasteiger partial charge in [-0.2, -0.15) is 0 Å². The molecule has 2 aliphatic rings. The Labute approximate surface area is 116 Å². The molecule has 5 nitrogen and oxygen atoms in total. The van der Waals surface area contributed by atoms with Gasteiger partial charge in [-0.3, -0.25) is 0 Å². The molecule has 0 saturated heterocycles. The minimum atomic E-state index is -1.20. The Morgan fingerprint density at radius 3 is 2.75 bits per heavy atom. The zero-order chi connectivity index (χ0) is 14.5. The van der Waals surface area contributed by atoms with E-state index in [9.17, 15) is 9.90 Å². The number of hydrogen-bond donors (Lipinski definition) is 2. The van der Waals surface area contributed by atoms with Gasteiger partial charge in [0, 0.05) is 6.08 Å². The Bertz CT molecular complexity index is 670. The molecule has 2 N–H and O–H groups in total. The Hall–Kier alpha value is -2.43. The van der Waals surface area contributed by atoms with Crippen LogP contribution < -0.4 is 10.1 Å². The maximum atomic E-state index is 12.0. The van der Waals surface area contributed by atoms with Crippen LogP contribution in [0, 0.1) is 6.92 Å². The number of aliphatic hydroxyl groups is 1. The molecular formula is C15H15NO4. The monoisotopic (exact) mass is 273 g/mol. The molecule has 20 heavy (non-hydrogen) atoms. The van der Waals surface area contributed by atoms with Gasteiger partial charge in [-0.15, -0.1) is 0 Å². The number of nitrogens with one attached hydrogen (secondary N) is 1. The van der Waals surface area contributed by atoms with Crippen molar-refractivity contribution in [3.8, 4) is 5.75 Å². The lowest BCUT2D eigenvalue weighted by atomic mass is 9.98. The van der Waals surface area contributed by atoms with Gasteiger partial charge in [0.15, 0.2) is 0 Å². The van der Waals surface area contributed by atoms with Crippen LogP contribution in [0.15, 0.2) is 41.4 Å². The first-order chi connectivity index (χ1) is 9.43. The molecule has 0 saturated carbocycles. The van der Waals surface area contributed by atoms with Crippen molar-refractivity contribution in [1.82, 2.24) is 0 Å². The number of benzene rings is 1. The molecule has 1 aromatic rings. The van der Waals surface area contributed by atoms with Crippen LogP contribution in [0.5, 0.6) is 5.75 Å². The molecule has 3 rings (SSSR count). The van der Waals surface area contributed by atoms with Gasteiger partial charge in [0.1, 0.15) is 22.8 Å². The quantitative estimate of drug-likeness (QED) is 0.432. The Morgan fingerprint density at radius 2 is 2.10 bits per heavy atom. The lowest BCUT2D eigenvalue weighted by molar-refractivity contribution is -0.138. The third kappa shape index (κ3) is 1.66. The van der Waals surface area contributed by atoms with Crippen LogP contribution in [0.1, 0.15) is 19.4 Å². The van der Waals surface area contributed by atoms with Gasteiger partial charge >= 0.3 is 5.97 Å². The van der Waals surface area contributed by atoms with E-state index >= 15 is 0 Å². The number of cyclic esters (lactones) is 1. The van der Waals surface area contributed by atoms with Crippen LogP contribution in [0.2, 0.25) is 0 Å². The maximum absolute atomic E-state index is 12.0. The van der Waals surface area contributed by atoms with E-state index in [1.165, 1.54) is 6.92 Å². The summed E-state index contributed by atoms with van der Waals surface area (Å²) in [5, 5.41) is 13.0. The number of aryl methyl sites for hydroxylation is 1. The van der Waals surface area contributed by atoms with Crippen LogP contribution >= 0.6 is 0 Å².